The lowest BCUT2D eigenvalue weighted by Crippen LogP contribution is -1.93. The summed E-state index contributed by atoms with van der Waals surface area (Å²) in [6, 6.07) is 0. The molecule has 0 atom stereocenters. The summed E-state index contributed by atoms with van der Waals surface area (Å²) in [7, 11) is 0. The predicted octanol–water partition coefficient (Wildman–Crippen LogP) is 1.59. The molecule has 0 spiro atoms. The molecular weight excluding hydrogens is 124 g/mol. The van der Waals surface area contributed by atoms with Crippen LogP contribution in [0.3, 0.4) is 0 Å². The summed E-state index contributed by atoms with van der Waals surface area (Å²) >= 11 is 0. The van der Waals surface area contributed by atoms with Crippen molar-refractivity contribution in [3.8, 4) is 0 Å². The van der Waals surface area contributed by atoms with E-state index < -0.39 is 0 Å². The fourth-order valence-corrected chi connectivity index (χ4v) is 0.967. The van der Waals surface area contributed by atoms with Gasteiger partial charge in [-0.3, -0.25) is 4.68 Å². The molecule has 0 saturated carbocycles. The minimum Gasteiger partial charge on any atom is -0.272 e. The molecule has 1 aromatic rings. The molecule has 0 fully saturated rings. The number of hydrogen-bond donors (Lipinski definition) is 0. The van der Waals surface area contributed by atoms with Crippen LogP contribution >= 0.6 is 0 Å². The van der Waals surface area contributed by atoms with Gasteiger partial charge in [0, 0.05) is 12.7 Å². The lowest BCUT2D eigenvalue weighted by Gasteiger charge is -1.89. The van der Waals surface area contributed by atoms with E-state index in [1.54, 1.807) is 0 Å². The van der Waals surface area contributed by atoms with Gasteiger partial charge >= 0.3 is 0 Å². The molecule has 1 heterocycles. The highest BCUT2D eigenvalue weighted by Crippen LogP contribution is 2.04. The highest BCUT2D eigenvalue weighted by atomic mass is 15.3. The van der Waals surface area contributed by atoms with E-state index in [-0.39, 0.29) is 0 Å². The van der Waals surface area contributed by atoms with Gasteiger partial charge in [-0.25, -0.2) is 0 Å². The normalized spacial score (nSPS) is 10.3. The number of aromatic nitrogens is 2. The third kappa shape index (κ3) is 1.20. The van der Waals surface area contributed by atoms with Crippen molar-refractivity contribution < 1.29 is 0 Å². The molecular formula is C8H13N2. The van der Waals surface area contributed by atoms with Crippen molar-refractivity contribution in [1.82, 2.24) is 9.78 Å². The highest BCUT2D eigenvalue weighted by molar-refractivity contribution is 5.15. The van der Waals surface area contributed by atoms with Crippen LogP contribution in [-0.4, -0.2) is 9.78 Å². The SMILES string of the molecule is [CH2]Cc1cn(CC)nc1C. The van der Waals surface area contributed by atoms with E-state index in [0.717, 1.165) is 18.7 Å². The summed E-state index contributed by atoms with van der Waals surface area (Å²) in [5.41, 5.74) is 2.36. The van der Waals surface area contributed by atoms with Crippen molar-refractivity contribution in [3.05, 3.63) is 24.4 Å². The van der Waals surface area contributed by atoms with Crippen LogP contribution in [0, 0.1) is 13.8 Å². The van der Waals surface area contributed by atoms with E-state index in [1.807, 2.05) is 11.6 Å². The first kappa shape index (κ1) is 7.32. The maximum Gasteiger partial charge on any atom is 0.0625 e. The molecule has 55 valence electrons. The molecule has 0 N–H and O–H groups in total. The van der Waals surface area contributed by atoms with Crippen LogP contribution in [0.5, 0.6) is 0 Å². The Kier molecular flexibility index (Phi) is 2.10. The Morgan fingerprint density at radius 1 is 1.70 bits per heavy atom. The van der Waals surface area contributed by atoms with Crippen molar-refractivity contribution in [1.29, 1.82) is 0 Å². The van der Waals surface area contributed by atoms with E-state index in [9.17, 15) is 0 Å². The quantitative estimate of drug-likeness (QED) is 0.605. The molecule has 0 amide bonds. The Bertz CT molecular complexity index is 213. The van der Waals surface area contributed by atoms with Crippen LogP contribution in [0.15, 0.2) is 6.20 Å². The number of aryl methyl sites for hydroxylation is 2. The Hall–Kier alpha value is -0.790. The van der Waals surface area contributed by atoms with E-state index in [4.69, 9.17) is 0 Å². The number of hydrogen-bond acceptors (Lipinski definition) is 1. The highest BCUT2D eigenvalue weighted by Gasteiger charge is 1.99. The van der Waals surface area contributed by atoms with Crippen LogP contribution in [-0.2, 0) is 13.0 Å². The molecule has 0 aliphatic heterocycles. The fourth-order valence-electron chi connectivity index (χ4n) is 0.967. The first-order valence-electron chi connectivity index (χ1n) is 3.60. The van der Waals surface area contributed by atoms with Gasteiger partial charge in [-0.2, -0.15) is 5.10 Å². The van der Waals surface area contributed by atoms with Crippen LogP contribution in [0.1, 0.15) is 18.2 Å². The average Bonchev–Trinajstić information content (AvgIpc) is 2.30. The van der Waals surface area contributed by atoms with Gasteiger partial charge in [0.25, 0.3) is 0 Å². The minimum atomic E-state index is 0.839. The molecule has 0 aliphatic carbocycles. The lowest BCUT2D eigenvalue weighted by molar-refractivity contribution is 0.653. The van der Waals surface area contributed by atoms with Gasteiger partial charge in [-0.05, 0) is 32.8 Å². The molecule has 1 radical (unpaired) electrons. The Morgan fingerprint density at radius 3 is 2.70 bits per heavy atom. The molecule has 0 saturated heterocycles. The standard InChI is InChI=1S/C8H13N2/c1-4-8-6-10(5-2)9-7(8)3/h6H,1,4-5H2,2-3H3. The van der Waals surface area contributed by atoms with Gasteiger partial charge in [0.15, 0.2) is 0 Å². The Labute approximate surface area is 61.9 Å². The van der Waals surface area contributed by atoms with Gasteiger partial charge in [-0.1, -0.05) is 0 Å². The summed E-state index contributed by atoms with van der Waals surface area (Å²) in [4.78, 5) is 0. The topological polar surface area (TPSA) is 17.8 Å². The van der Waals surface area contributed by atoms with Crippen LogP contribution in [0.4, 0.5) is 0 Å². The lowest BCUT2D eigenvalue weighted by atomic mass is 10.2. The van der Waals surface area contributed by atoms with Crippen molar-refractivity contribution in [2.75, 3.05) is 0 Å². The van der Waals surface area contributed by atoms with Crippen molar-refractivity contribution in [2.45, 2.75) is 26.8 Å². The Morgan fingerprint density at radius 2 is 2.40 bits per heavy atom. The molecule has 2 nitrogen and oxygen atoms in total. The van der Waals surface area contributed by atoms with Crippen LogP contribution in [0.2, 0.25) is 0 Å². The molecule has 0 bridgehead atoms. The van der Waals surface area contributed by atoms with Crippen molar-refractivity contribution in [2.24, 2.45) is 0 Å². The number of rotatable bonds is 2. The number of nitrogens with zero attached hydrogens (tertiary/aromatic N) is 2. The maximum absolute atomic E-state index is 4.28. The first-order chi connectivity index (χ1) is 4.77. The zero-order valence-electron chi connectivity index (χ0n) is 6.59. The van der Waals surface area contributed by atoms with Crippen LogP contribution in [0.25, 0.3) is 0 Å². The van der Waals surface area contributed by atoms with E-state index in [2.05, 4.69) is 25.1 Å². The summed E-state index contributed by atoms with van der Waals surface area (Å²) < 4.78 is 1.94. The van der Waals surface area contributed by atoms with Crippen molar-refractivity contribution in [3.63, 3.8) is 0 Å². The summed E-state index contributed by atoms with van der Waals surface area (Å²) in [6.45, 7) is 8.86. The summed E-state index contributed by atoms with van der Waals surface area (Å²) in [6.07, 6.45) is 2.90. The van der Waals surface area contributed by atoms with Gasteiger partial charge in [0.05, 0.1) is 5.69 Å². The smallest absolute Gasteiger partial charge is 0.0625 e. The molecule has 1 aromatic heterocycles. The third-order valence-electron chi connectivity index (χ3n) is 1.64. The largest absolute Gasteiger partial charge is 0.272 e. The summed E-state index contributed by atoms with van der Waals surface area (Å²) in [5.74, 6) is 0. The third-order valence-corrected chi connectivity index (χ3v) is 1.64. The molecule has 0 unspecified atom stereocenters. The zero-order chi connectivity index (χ0) is 7.56. The van der Waals surface area contributed by atoms with Crippen LogP contribution < -0.4 is 0 Å². The van der Waals surface area contributed by atoms with Gasteiger partial charge in [-0.15, -0.1) is 0 Å². The molecule has 2 heteroatoms. The molecule has 1 rings (SSSR count). The molecule has 0 aliphatic rings. The fraction of sp³-hybridized carbons (Fsp3) is 0.500. The van der Waals surface area contributed by atoms with Gasteiger partial charge in [0.1, 0.15) is 0 Å². The maximum atomic E-state index is 4.28. The van der Waals surface area contributed by atoms with E-state index in [0.29, 0.717) is 0 Å². The average molecular weight is 137 g/mol. The predicted molar refractivity (Wildman–Crippen MR) is 41.7 cm³/mol. The Balaban J connectivity index is 2.92. The van der Waals surface area contributed by atoms with E-state index >= 15 is 0 Å². The zero-order valence-corrected chi connectivity index (χ0v) is 6.59. The second-order valence-electron chi connectivity index (χ2n) is 2.35. The monoisotopic (exact) mass is 137 g/mol. The van der Waals surface area contributed by atoms with Crippen molar-refractivity contribution >= 4 is 0 Å². The molecule has 10 heavy (non-hydrogen) atoms. The minimum absolute atomic E-state index is 0.839. The second kappa shape index (κ2) is 2.86. The van der Waals surface area contributed by atoms with Gasteiger partial charge in [0.2, 0.25) is 0 Å². The molecule has 0 aromatic carbocycles. The summed E-state index contributed by atoms with van der Waals surface area (Å²) in [5, 5.41) is 4.28. The van der Waals surface area contributed by atoms with E-state index in [1.165, 1.54) is 5.56 Å². The second-order valence-corrected chi connectivity index (χ2v) is 2.35. The van der Waals surface area contributed by atoms with Gasteiger partial charge < -0.3 is 0 Å². The first-order valence-corrected chi connectivity index (χ1v) is 3.60.